The first-order valence-corrected chi connectivity index (χ1v) is 12.1. The summed E-state index contributed by atoms with van der Waals surface area (Å²) in [5.41, 5.74) is 2.00. The van der Waals surface area contributed by atoms with E-state index in [1.165, 1.54) is 6.42 Å². The smallest absolute Gasteiger partial charge is 0.269 e. The molecule has 2 fully saturated rings. The number of aromatic amines is 1. The van der Waals surface area contributed by atoms with E-state index in [1.807, 2.05) is 82.3 Å². The molecule has 5 rings (SSSR count). The first-order chi connectivity index (χ1) is 16.2. The molecular formula is C27H36N4O2. The number of carbonyl (C=O) groups excluding carboxylic acids is 1. The molecule has 3 atom stereocenters. The number of likely N-dealkylation sites (N-methyl/N-ethyl adjacent to an activating group) is 1. The van der Waals surface area contributed by atoms with Crippen molar-refractivity contribution >= 4 is 5.91 Å². The number of aromatic nitrogens is 2. The van der Waals surface area contributed by atoms with E-state index in [4.69, 9.17) is 4.74 Å². The number of carbonyl (C=O) groups is 1. The SMILES string of the molecule is CC.CC.CN1CC2CCC1C2NC(=O)c1cc(-c2ccccc2Oc2ccccc2)n[nH]1. The van der Waals surface area contributed by atoms with E-state index in [0.29, 0.717) is 29.1 Å². The number of rotatable bonds is 5. The second-order valence-corrected chi connectivity index (χ2v) is 7.92. The van der Waals surface area contributed by atoms with Crippen LogP contribution in [0.3, 0.4) is 0 Å². The van der Waals surface area contributed by atoms with Crippen LogP contribution >= 0.6 is 0 Å². The van der Waals surface area contributed by atoms with Crippen molar-refractivity contribution in [2.75, 3.05) is 13.6 Å². The van der Waals surface area contributed by atoms with Crippen molar-refractivity contribution < 1.29 is 9.53 Å². The quantitative estimate of drug-likeness (QED) is 0.522. The fourth-order valence-electron chi connectivity index (χ4n) is 4.66. The zero-order valence-corrected chi connectivity index (χ0v) is 20.3. The highest BCUT2D eigenvalue weighted by Gasteiger charge is 2.45. The monoisotopic (exact) mass is 448 g/mol. The minimum absolute atomic E-state index is 0.0950. The van der Waals surface area contributed by atoms with E-state index >= 15 is 0 Å². The fourth-order valence-corrected chi connectivity index (χ4v) is 4.66. The summed E-state index contributed by atoms with van der Waals surface area (Å²) in [7, 11) is 2.14. The Labute approximate surface area is 197 Å². The number of piperidine rings is 1. The lowest BCUT2D eigenvalue weighted by Crippen LogP contribution is -2.42. The maximum atomic E-state index is 12.8. The lowest BCUT2D eigenvalue weighted by atomic mass is 10.1. The van der Waals surface area contributed by atoms with Crippen molar-refractivity contribution in [3.05, 3.63) is 66.4 Å². The summed E-state index contributed by atoms with van der Waals surface area (Å²) in [5, 5.41) is 10.5. The number of amides is 1. The van der Waals surface area contributed by atoms with Crippen LogP contribution in [0.4, 0.5) is 0 Å². The van der Waals surface area contributed by atoms with E-state index in [0.717, 1.165) is 24.3 Å². The lowest BCUT2D eigenvalue weighted by molar-refractivity contribution is 0.0923. The van der Waals surface area contributed by atoms with E-state index in [9.17, 15) is 4.79 Å². The highest BCUT2D eigenvalue weighted by atomic mass is 16.5. The molecule has 2 N–H and O–H groups in total. The van der Waals surface area contributed by atoms with Crippen molar-refractivity contribution in [1.29, 1.82) is 0 Å². The number of benzene rings is 2. The van der Waals surface area contributed by atoms with Gasteiger partial charge in [0.2, 0.25) is 0 Å². The highest BCUT2D eigenvalue weighted by molar-refractivity contribution is 5.93. The van der Waals surface area contributed by atoms with Gasteiger partial charge in [0.05, 0.1) is 5.69 Å². The predicted molar refractivity (Wildman–Crippen MR) is 134 cm³/mol. The zero-order valence-electron chi connectivity index (χ0n) is 20.3. The average molecular weight is 449 g/mol. The van der Waals surface area contributed by atoms with Crippen LogP contribution in [-0.4, -0.2) is 46.7 Å². The Bertz CT molecular complexity index is 1020. The largest absolute Gasteiger partial charge is 0.457 e. The first kappa shape index (κ1) is 24.5. The number of fused-ring (bicyclic) bond motifs is 2. The van der Waals surface area contributed by atoms with Crippen LogP contribution in [0.2, 0.25) is 0 Å². The van der Waals surface area contributed by atoms with Crippen LogP contribution in [-0.2, 0) is 0 Å². The van der Waals surface area contributed by atoms with Gasteiger partial charge in [0.25, 0.3) is 5.91 Å². The number of hydrogen-bond donors (Lipinski definition) is 2. The van der Waals surface area contributed by atoms with Crippen LogP contribution in [0.1, 0.15) is 51.0 Å². The minimum Gasteiger partial charge on any atom is -0.457 e. The molecule has 0 radical (unpaired) electrons. The lowest BCUT2D eigenvalue weighted by Gasteiger charge is -2.22. The van der Waals surface area contributed by atoms with Gasteiger partial charge >= 0.3 is 0 Å². The van der Waals surface area contributed by atoms with Gasteiger partial charge in [-0.25, -0.2) is 0 Å². The molecule has 1 saturated carbocycles. The summed E-state index contributed by atoms with van der Waals surface area (Å²) in [6, 6.07) is 19.8. The number of hydrogen-bond acceptors (Lipinski definition) is 4. The number of nitrogens with zero attached hydrogens (tertiary/aromatic N) is 2. The van der Waals surface area contributed by atoms with Crippen LogP contribution in [0.5, 0.6) is 11.5 Å². The summed E-state index contributed by atoms with van der Waals surface area (Å²) in [5.74, 6) is 1.92. The van der Waals surface area contributed by atoms with Gasteiger partial charge in [-0.05, 0) is 56.1 Å². The summed E-state index contributed by atoms with van der Waals surface area (Å²) in [6.45, 7) is 9.06. The third kappa shape index (κ3) is 5.45. The fraction of sp³-hybridized carbons (Fsp3) is 0.407. The normalized spacial score (nSPS) is 20.8. The summed E-state index contributed by atoms with van der Waals surface area (Å²) >= 11 is 0. The number of ether oxygens (including phenoxy) is 1. The molecule has 2 heterocycles. The van der Waals surface area contributed by atoms with Crippen LogP contribution in [0, 0.1) is 5.92 Å². The Morgan fingerprint density at radius 3 is 2.39 bits per heavy atom. The predicted octanol–water partition coefficient (Wildman–Crippen LogP) is 5.74. The van der Waals surface area contributed by atoms with Gasteiger partial charge in [-0.3, -0.25) is 9.89 Å². The average Bonchev–Trinajstić information content (AvgIpc) is 3.58. The maximum Gasteiger partial charge on any atom is 0.269 e. The van der Waals surface area contributed by atoms with Gasteiger partial charge in [-0.2, -0.15) is 5.10 Å². The molecule has 1 aromatic heterocycles. The number of likely N-dealkylation sites (tertiary alicyclic amines) is 1. The Hall–Kier alpha value is -3.12. The highest BCUT2D eigenvalue weighted by Crippen LogP contribution is 2.37. The topological polar surface area (TPSA) is 70.2 Å². The van der Waals surface area contributed by atoms with E-state index in [-0.39, 0.29) is 11.9 Å². The molecular weight excluding hydrogens is 412 g/mol. The van der Waals surface area contributed by atoms with Crippen molar-refractivity contribution in [1.82, 2.24) is 20.4 Å². The number of H-pyrrole nitrogens is 1. The molecule has 1 aliphatic carbocycles. The van der Waals surface area contributed by atoms with Gasteiger partial charge < -0.3 is 15.0 Å². The van der Waals surface area contributed by atoms with Crippen molar-refractivity contribution in [3.63, 3.8) is 0 Å². The van der Waals surface area contributed by atoms with E-state index in [2.05, 4.69) is 27.5 Å². The Morgan fingerprint density at radius 1 is 1.03 bits per heavy atom. The number of nitrogens with one attached hydrogen (secondary N) is 2. The third-order valence-corrected chi connectivity index (χ3v) is 6.10. The molecule has 6 heteroatoms. The van der Waals surface area contributed by atoms with Crippen molar-refractivity contribution in [2.24, 2.45) is 5.92 Å². The Morgan fingerprint density at radius 2 is 1.73 bits per heavy atom. The van der Waals surface area contributed by atoms with Gasteiger partial charge in [-0.15, -0.1) is 0 Å². The van der Waals surface area contributed by atoms with Gasteiger partial charge in [0.15, 0.2) is 0 Å². The van der Waals surface area contributed by atoms with Gasteiger partial charge in [0.1, 0.15) is 17.2 Å². The molecule has 33 heavy (non-hydrogen) atoms. The first-order valence-electron chi connectivity index (χ1n) is 12.1. The van der Waals surface area contributed by atoms with Gasteiger partial charge in [-0.1, -0.05) is 58.0 Å². The van der Waals surface area contributed by atoms with Crippen molar-refractivity contribution in [2.45, 2.75) is 52.6 Å². The molecule has 1 amide bonds. The van der Waals surface area contributed by atoms with E-state index in [1.54, 1.807) is 6.07 Å². The van der Waals surface area contributed by atoms with E-state index < -0.39 is 0 Å². The second kappa shape index (κ2) is 11.7. The molecule has 2 aromatic carbocycles. The third-order valence-electron chi connectivity index (χ3n) is 6.10. The van der Waals surface area contributed by atoms with Gasteiger partial charge in [0, 0.05) is 24.2 Å². The molecule has 3 aromatic rings. The van der Waals surface area contributed by atoms with Crippen LogP contribution in [0.25, 0.3) is 11.3 Å². The Balaban J connectivity index is 0.000000728. The molecule has 1 saturated heterocycles. The van der Waals surface area contributed by atoms with Crippen LogP contribution < -0.4 is 10.1 Å². The molecule has 6 nitrogen and oxygen atoms in total. The molecule has 176 valence electrons. The standard InChI is InChI=1S/C23H24N4O2.2C2H6/c1-27-14-15-11-12-20(27)22(15)24-23(28)19-13-18(25-26-19)17-9-5-6-10-21(17)29-16-7-3-2-4-8-16;2*1-2/h2-10,13,15,20,22H,11-12,14H2,1H3,(H,24,28)(H,25,26);2*1-2H3. The molecule has 0 spiro atoms. The summed E-state index contributed by atoms with van der Waals surface area (Å²) < 4.78 is 6.03. The second-order valence-electron chi connectivity index (χ2n) is 7.92. The molecule has 1 aliphatic heterocycles. The maximum absolute atomic E-state index is 12.8. The molecule has 3 unspecified atom stereocenters. The number of para-hydroxylation sites is 2. The van der Waals surface area contributed by atoms with Crippen LogP contribution in [0.15, 0.2) is 60.7 Å². The van der Waals surface area contributed by atoms with Crippen molar-refractivity contribution in [3.8, 4) is 22.8 Å². The molecule has 2 bridgehead atoms. The zero-order chi connectivity index (χ0) is 23.8. The molecule has 2 aliphatic rings. The minimum atomic E-state index is -0.0950. The Kier molecular flexibility index (Phi) is 8.66. The summed E-state index contributed by atoms with van der Waals surface area (Å²) in [4.78, 5) is 15.2. The summed E-state index contributed by atoms with van der Waals surface area (Å²) in [6.07, 6.45) is 2.35.